The number of nitrogens with one attached hydrogen (secondary N) is 1. The van der Waals surface area contributed by atoms with Crippen LogP contribution in [0, 0.1) is 20.8 Å². The third kappa shape index (κ3) is 4.01. The Kier molecular flexibility index (Phi) is 5.08. The van der Waals surface area contributed by atoms with Gasteiger partial charge in [0, 0.05) is 10.2 Å². The Hall–Kier alpha value is -2.01. The van der Waals surface area contributed by atoms with Gasteiger partial charge >= 0.3 is 0 Å². The highest BCUT2D eigenvalue weighted by Crippen LogP contribution is 2.29. The molecule has 0 unspecified atom stereocenters. The van der Waals surface area contributed by atoms with Crippen molar-refractivity contribution in [3.8, 4) is 5.75 Å². The predicted molar refractivity (Wildman–Crippen MR) is 93.3 cm³/mol. The number of ether oxygens (including phenoxy) is 1. The molecule has 4 nitrogen and oxygen atoms in total. The Morgan fingerprint density at radius 1 is 1.18 bits per heavy atom. The second-order valence-electron chi connectivity index (χ2n) is 5.30. The van der Waals surface area contributed by atoms with Crippen molar-refractivity contribution in [1.82, 2.24) is 0 Å². The fourth-order valence-corrected chi connectivity index (χ4v) is 2.79. The van der Waals surface area contributed by atoms with Crippen molar-refractivity contribution in [3.05, 3.63) is 51.5 Å². The van der Waals surface area contributed by atoms with Gasteiger partial charge in [-0.15, -0.1) is 0 Å². The first-order valence-electron chi connectivity index (χ1n) is 6.92. The normalized spacial score (nSPS) is 10.4. The minimum atomic E-state index is -0.213. The fraction of sp³-hybridized carbons (Fsp3) is 0.235. The van der Waals surface area contributed by atoms with Crippen molar-refractivity contribution in [3.63, 3.8) is 0 Å². The molecule has 0 heterocycles. The number of anilines is 2. The van der Waals surface area contributed by atoms with Gasteiger partial charge in [-0.1, -0.05) is 12.1 Å². The van der Waals surface area contributed by atoms with Gasteiger partial charge in [-0.3, -0.25) is 4.79 Å². The second kappa shape index (κ2) is 6.83. The lowest BCUT2D eigenvalue weighted by Crippen LogP contribution is -2.21. The van der Waals surface area contributed by atoms with Crippen LogP contribution in [0.1, 0.15) is 16.7 Å². The lowest BCUT2D eigenvalue weighted by atomic mass is 10.1. The number of halogens is 1. The van der Waals surface area contributed by atoms with Crippen molar-refractivity contribution in [1.29, 1.82) is 0 Å². The van der Waals surface area contributed by atoms with Crippen molar-refractivity contribution < 1.29 is 9.53 Å². The second-order valence-corrected chi connectivity index (χ2v) is 6.15. The summed E-state index contributed by atoms with van der Waals surface area (Å²) in [5, 5.41) is 2.84. The summed E-state index contributed by atoms with van der Waals surface area (Å²) < 4.78 is 6.36. The first kappa shape index (κ1) is 16.4. The van der Waals surface area contributed by atoms with Crippen molar-refractivity contribution in [2.45, 2.75) is 20.8 Å². The molecule has 0 spiro atoms. The number of carbonyl (C=O) groups excluding carboxylic acids is 1. The minimum Gasteiger partial charge on any atom is -0.483 e. The molecule has 0 atom stereocenters. The van der Waals surface area contributed by atoms with Gasteiger partial charge in [0.25, 0.3) is 5.91 Å². The molecule has 0 aliphatic rings. The maximum Gasteiger partial charge on any atom is 0.262 e. The number of carbonyl (C=O) groups is 1. The molecule has 2 rings (SSSR count). The van der Waals surface area contributed by atoms with Crippen molar-refractivity contribution in [2.24, 2.45) is 0 Å². The molecule has 2 aromatic rings. The van der Waals surface area contributed by atoms with Crippen LogP contribution in [0.3, 0.4) is 0 Å². The molecule has 5 heteroatoms. The van der Waals surface area contributed by atoms with Gasteiger partial charge in [0.05, 0.1) is 5.69 Å². The monoisotopic (exact) mass is 362 g/mol. The minimum absolute atomic E-state index is 0.0411. The molecule has 0 saturated carbocycles. The van der Waals surface area contributed by atoms with Crippen LogP contribution in [-0.4, -0.2) is 12.5 Å². The molecule has 0 aliphatic heterocycles. The van der Waals surface area contributed by atoms with Crippen LogP contribution in [0.25, 0.3) is 0 Å². The number of nitrogen functional groups attached to an aromatic ring is 1. The Bertz CT molecular complexity index is 691. The zero-order valence-electron chi connectivity index (χ0n) is 12.9. The van der Waals surface area contributed by atoms with Crippen molar-refractivity contribution in [2.75, 3.05) is 17.7 Å². The number of rotatable bonds is 4. The van der Waals surface area contributed by atoms with Gasteiger partial charge in [0.2, 0.25) is 0 Å². The van der Waals surface area contributed by atoms with E-state index < -0.39 is 0 Å². The smallest absolute Gasteiger partial charge is 0.262 e. The number of hydrogen-bond acceptors (Lipinski definition) is 3. The van der Waals surface area contributed by atoms with Gasteiger partial charge < -0.3 is 15.8 Å². The van der Waals surface area contributed by atoms with E-state index in [0.29, 0.717) is 11.4 Å². The maximum atomic E-state index is 12.1. The largest absolute Gasteiger partial charge is 0.483 e. The van der Waals surface area contributed by atoms with Crippen molar-refractivity contribution >= 4 is 33.2 Å². The van der Waals surface area contributed by atoms with E-state index in [1.54, 1.807) is 6.07 Å². The van der Waals surface area contributed by atoms with Gasteiger partial charge in [0.15, 0.2) is 6.61 Å². The quantitative estimate of drug-likeness (QED) is 0.808. The number of aryl methyl sites for hydroxylation is 3. The third-order valence-corrected chi connectivity index (χ3v) is 3.90. The molecular formula is C17H19BrN2O2. The summed E-state index contributed by atoms with van der Waals surface area (Å²) in [6.07, 6.45) is 0. The molecule has 0 fully saturated rings. The lowest BCUT2D eigenvalue weighted by Gasteiger charge is -2.13. The molecule has 22 heavy (non-hydrogen) atoms. The summed E-state index contributed by atoms with van der Waals surface area (Å²) >= 11 is 3.41. The zero-order valence-corrected chi connectivity index (χ0v) is 14.5. The molecular weight excluding hydrogens is 344 g/mol. The highest BCUT2D eigenvalue weighted by atomic mass is 79.9. The fourth-order valence-electron chi connectivity index (χ4n) is 2.11. The summed E-state index contributed by atoms with van der Waals surface area (Å²) in [5.74, 6) is 0.512. The number of amides is 1. The molecule has 3 N–H and O–H groups in total. The van der Waals surface area contributed by atoms with Crippen LogP contribution in [0.2, 0.25) is 0 Å². The molecule has 0 aromatic heterocycles. The van der Waals surface area contributed by atoms with Crippen LogP contribution in [-0.2, 0) is 4.79 Å². The molecule has 0 saturated heterocycles. The molecule has 0 aliphatic carbocycles. The van der Waals surface area contributed by atoms with E-state index in [2.05, 4.69) is 21.2 Å². The van der Waals surface area contributed by atoms with Crippen LogP contribution in [0.5, 0.6) is 5.75 Å². The summed E-state index contributed by atoms with van der Waals surface area (Å²) in [6, 6.07) is 9.48. The Morgan fingerprint density at radius 2 is 1.91 bits per heavy atom. The van der Waals surface area contributed by atoms with Gasteiger partial charge in [0.1, 0.15) is 5.75 Å². The Morgan fingerprint density at radius 3 is 2.59 bits per heavy atom. The number of hydrogen-bond donors (Lipinski definition) is 2. The molecule has 2 aromatic carbocycles. The highest BCUT2D eigenvalue weighted by molar-refractivity contribution is 9.10. The van der Waals surface area contributed by atoms with Crippen LogP contribution in [0.4, 0.5) is 11.4 Å². The average Bonchev–Trinajstić information content (AvgIpc) is 2.44. The summed E-state index contributed by atoms with van der Waals surface area (Å²) in [6.45, 7) is 5.79. The predicted octanol–water partition coefficient (Wildman–Crippen LogP) is 3.97. The first-order chi connectivity index (χ1) is 10.4. The van der Waals surface area contributed by atoms with E-state index in [0.717, 1.165) is 26.9 Å². The Balaban J connectivity index is 2.03. The van der Waals surface area contributed by atoms with Crippen LogP contribution in [0.15, 0.2) is 34.8 Å². The van der Waals surface area contributed by atoms with E-state index in [1.165, 1.54) is 0 Å². The Labute approximate surface area is 138 Å². The zero-order chi connectivity index (χ0) is 16.3. The number of nitrogens with two attached hydrogens (primary N) is 1. The van der Waals surface area contributed by atoms with E-state index in [9.17, 15) is 4.79 Å². The SMILES string of the molecule is Cc1ccc(C)c(OCC(=O)Nc2c(C)cc(N)cc2Br)c1. The molecule has 0 bridgehead atoms. The standard InChI is InChI=1S/C17H19BrN2O2/c1-10-4-5-11(2)15(6-10)22-9-16(21)20-17-12(3)7-13(19)8-14(17)18/h4-8H,9,19H2,1-3H3,(H,20,21). The topological polar surface area (TPSA) is 64.3 Å². The first-order valence-corrected chi connectivity index (χ1v) is 7.71. The van der Waals surface area contributed by atoms with Gasteiger partial charge in [-0.05, 0) is 71.6 Å². The third-order valence-electron chi connectivity index (χ3n) is 3.28. The van der Waals surface area contributed by atoms with Crippen LogP contribution < -0.4 is 15.8 Å². The molecule has 116 valence electrons. The van der Waals surface area contributed by atoms with E-state index in [1.807, 2.05) is 45.0 Å². The average molecular weight is 363 g/mol. The van der Waals surface area contributed by atoms with E-state index >= 15 is 0 Å². The van der Waals surface area contributed by atoms with E-state index in [4.69, 9.17) is 10.5 Å². The highest BCUT2D eigenvalue weighted by Gasteiger charge is 2.10. The lowest BCUT2D eigenvalue weighted by molar-refractivity contribution is -0.118. The molecule has 1 amide bonds. The number of benzene rings is 2. The molecule has 0 radical (unpaired) electrons. The van der Waals surface area contributed by atoms with E-state index in [-0.39, 0.29) is 12.5 Å². The van der Waals surface area contributed by atoms with Gasteiger partial charge in [-0.2, -0.15) is 0 Å². The summed E-state index contributed by atoms with van der Waals surface area (Å²) in [7, 11) is 0. The summed E-state index contributed by atoms with van der Waals surface area (Å²) in [5.41, 5.74) is 10.1. The maximum absolute atomic E-state index is 12.1. The summed E-state index contributed by atoms with van der Waals surface area (Å²) in [4.78, 5) is 12.1. The van der Waals surface area contributed by atoms with Gasteiger partial charge in [-0.25, -0.2) is 0 Å². The van der Waals surface area contributed by atoms with Crippen LogP contribution >= 0.6 is 15.9 Å².